The number of hydrogen-bond acceptors (Lipinski definition) is 4. The Morgan fingerprint density at radius 2 is 1.88 bits per heavy atom. The van der Waals surface area contributed by atoms with Crippen molar-refractivity contribution in [2.24, 2.45) is 5.73 Å². The molecule has 7 heteroatoms. The second kappa shape index (κ2) is 8.89. The Bertz CT molecular complexity index is 737. The van der Waals surface area contributed by atoms with E-state index in [0.717, 1.165) is 26.1 Å². The molecule has 2 aromatic rings. The lowest BCUT2D eigenvalue weighted by molar-refractivity contribution is -0.117. The number of primary amides is 1. The average Bonchev–Trinajstić information content (AvgIpc) is 2.81. The minimum atomic E-state index is -0.494. The van der Waals surface area contributed by atoms with E-state index < -0.39 is 5.91 Å². The van der Waals surface area contributed by atoms with Gasteiger partial charge in [0.15, 0.2) is 5.82 Å². The third kappa shape index (κ3) is 4.88. The molecule has 0 unspecified atom stereocenters. The molecule has 1 amide bonds. The van der Waals surface area contributed by atoms with Gasteiger partial charge in [-0.2, -0.15) is 5.10 Å². The largest absolute Gasteiger partial charge is 0.369 e. The highest BCUT2D eigenvalue weighted by Crippen LogP contribution is 2.16. The van der Waals surface area contributed by atoms with Crippen molar-refractivity contribution >= 4 is 5.91 Å². The van der Waals surface area contributed by atoms with Gasteiger partial charge in [-0.3, -0.25) is 4.79 Å². The van der Waals surface area contributed by atoms with Crippen LogP contribution in [-0.4, -0.2) is 45.2 Å². The molecule has 1 aliphatic heterocycles. The summed E-state index contributed by atoms with van der Waals surface area (Å²) in [6, 6.07) is 6.45. The number of nitrogens with two attached hydrogens (primary N) is 1. The molecule has 26 heavy (non-hydrogen) atoms. The van der Waals surface area contributed by atoms with E-state index in [4.69, 9.17) is 5.73 Å². The maximum atomic E-state index is 14.2. The van der Waals surface area contributed by atoms with Gasteiger partial charge in [-0.05, 0) is 51.0 Å². The third-order valence-electron chi connectivity index (χ3n) is 4.70. The summed E-state index contributed by atoms with van der Waals surface area (Å²) in [5.74, 6) is 0.148. The molecule has 1 aromatic carbocycles. The van der Waals surface area contributed by atoms with Crippen LogP contribution in [0.15, 0.2) is 24.3 Å². The van der Waals surface area contributed by atoms with Gasteiger partial charge in [0, 0.05) is 6.42 Å². The summed E-state index contributed by atoms with van der Waals surface area (Å²) in [4.78, 5) is 18.1. The minimum Gasteiger partial charge on any atom is -0.369 e. The first kappa shape index (κ1) is 18.5. The van der Waals surface area contributed by atoms with Crippen molar-refractivity contribution in [2.75, 3.05) is 19.6 Å². The highest BCUT2D eigenvalue weighted by atomic mass is 19.1. The number of aryl methyl sites for hydroxylation is 1. The van der Waals surface area contributed by atoms with E-state index in [2.05, 4.69) is 15.0 Å². The summed E-state index contributed by atoms with van der Waals surface area (Å²) in [7, 11) is 0. The number of nitrogens with zero attached hydrogens (tertiary/aromatic N) is 4. The smallest absolute Gasteiger partial charge is 0.225 e. The van der Waals surface area contributed by atoms with Gasteiger partial charge in [0.2, 0.25) is 5.91 Å². The summed E-state index contributed by atoms with van der Waals surface area (Å²) in [6.07, 6.45) is 6.70. The molecule has 2 heterocycles. The van der Waals surface area contributed by atoms with E-state index in [1.165, 1.54) is 36.4 Å². The molecule has 0 spiro atoms. The quantitative estimate of drug-likeness (QED) is 0.822. The van der Waals surface area contributed by atoms with E-state index in [9.17, 15) is 9.18 Å². The maximum absolute atomic E-state index is 14.2. The molecule has 1 aromatic heterocycles. The summed E-state index contributed by atoms with van der Waals surface area (Å²) in [6.45, 7) is 3.29. The van der Waals surface area contributed by atoms with Crippen molar-refractivity contribution < 1.29 is 9.18 Å². The third-order valence-corrected chi connectivity index (χ3v) is 4.70. The zero-order valence-electron chi connectivity index (χ0n) is 15.0. The zero-order valence-corrected chi connectivity index (χ0v) is 15.0. The number of hydrogen-bond donors (Lipinski definition) is 1. The number of carbonyl (C=O) groups is 1. The molecule has 140 valence electrons. The van der Waals surface area contributed by atoms with Crippen LogP contribution in [0.2, 0.25) is 0 Å². The van der Waals surface area contributed by atoms with Crippen molar-refractivity contribution in [1.82, 2.24) is 19.7 Å². The Kier molecular flexibility index (Phi) is 6.33. The number of aromatic nitrogens is 3. The monoisotopic (exact) mass is 359 g/mol. The Balaban J connectivity index is 1.73. The number of halogens is 1. The molecule has 0 radical (unpaired) electrons. The molecule has 0 aliphatic carbocycles. The number of rotatable bonds is 7. The Morgan fingerprint density at radius 3 is 2.58 bits per heavy atom. The number of benzene rings is 1. The van der Waals surface area contributed by atoms with E-state index in [1.807, 2.05) is 0 Å². The molecular formula is C19H26FN5O. The second-order valence-corrected chi connectivity index (χ2v) is 6.81. The average molecular weight is 359 g/mol. The predicted octanol–water partition coefficient (Wildman–Crippen LogP) is 2.24. The van der Waals surface area contributed by atoms with Gasteiger partial charge >= 0.3 is 0 Å². The van der Waals surface area contributed by atoms with Gasteiger partial charge in [0.05, 0.1) is 6.42 Å². The highest BCUT2D eigenvalue weighted by Gasteiger charge is 2.16. The van der Waals surface area contributed by atoms with Crippen LogP contribution in [0, 0.1) is 5.82 Å². The summed E-state index contributed by atoms with van der Waals surface area (Å²) >= 11 is 0. The van der Waals surface area contributed by atoms with Crippen molar-refractivity contribution in [3.8, 4) is 5.69 Å². The van der Waals surface area contributed by atoms with E-state index >= 15 is 0 Å². The summed E-state index contributed by atoms with van der Waals surface area (Å²) < 4.78 is 15.7. The van der Waals surface area contributed by atoms with Gasteiger partial charge in [-0.15, -0.1) is 0 Å². The van der Waals surface area contributed by atoms with Crippen LogP contribution in [0.25, 0.3) is 5.69 Å². The number of likely N-dealkylation sites (tertiary alicyclic amines) is 1. The van der Waals surface area contributed by atoms with Crippen molar-refractivity contribution in [3.05, 3.63) is 41.7 Å². The Hall–Kier alpha value is -2.28. The fraction of sp³-hybridized carbons (Fsp3) is 0.526. The molecule has 1 aliphatic rings. The van der Waals surface area contributed by atoms with Gasteiger partial charge < -0.3 is 10.6 Å². The van der Waals surface area contributed by atoms with E-state index in [-0.39, 0.29) is 12.2 Å². The predicted molar refractivity (Wildman–Crippen MR) is 97.4 cm³/mol. The Labute approximate surface area is 153 Å². The van der Waals surface area contributed by atoms with Gasteiger partial charge in [0.1, 0.15) is 17.3 Å². The van der Waals surface area contributed by atoms with Crippen LogP contribution >= 0.6 is 0 Å². The lowest BCUT2D eigenvalue weighted by Gasteiger charge is -2.19. The first-order valence-electron chi connectivity index (χ1n) is 9.34. The molecule has 0 bridgehead atoms. The standard InChI is InChI=1S/C19H26FN5O/c20-15-8-3-4-9-16(15)25-19(22-18(23-25)14-17(21)26)10-7-13-24-11-5-1-2-6-12-24/h3-4,8-9H,1-2,5-7,10-14H2,(H2,21,26). The van der Waals surface area contributed by atoms with Crippen LogP contribution in [0.4, 0.5) is 4.39 Å². The van der Waals surface area contributed by atoms with Gasteiger partial charge in [-0.25, -0.2) is 14.1 Å². The fourth-order valence-electron chi connectivity index (χ4n) is 3.42. The van der Waals surface area contributed by atoms with E-state index in [1.54, 1.807) is 18.2 Å². The summed E-state index contributed by atoms with van der Waals surface area (Å²) in [5, 5.41) is 4.31. The van der Waals surface area contributed by atoms with E-state index in [0.29, 0.717) is 23.8 Å². The van der Waals surface area contributed by atoms with Crippen molar-refractivity contribution in [2.45, 2.75) is 44.9 Å². The summed E-state index contributed by atoms with van der Waals surface area (Å²) in [5.41, 5.74) is 5.60. The topological polar surface area (TPSA) is 77.0 Å². The molecule has 2 N–H and O–H groups in total. The zero-order chi connectivity index (χ0) is 18.4. The highest BCUT2D eigenvalue weighted by molar-refractivity contribution is 5.75. The van der Waals surface area contributed by atoms with Crippen LogP contribution in [0.1, 0.15) is 43.8 Å². The molecule has 1 fully saturated rings. The van der Waals surface area contributed by atoms with Crippen LogP contribution in [0.3, 0.4) is 0 Å². The molecule has 6 nitrogen and oxygen atoms in total. The van der Waals surface area contributed by atoms with Gasteiger partial charge in [-0.1, -0.05) is 25.0 Å². The number of carbonyl (C=O) groups excluding carboxylic acids is 1. The van der Waals surface area contributed by atoms with Crippen molar-refractivity contribution in [1.29, 1.82) is 0 Å². The number of amides is 1. The fourth-order valence-corrected chi connectivity index (χ4v) is 3.42. The minimum absolute atomic E-state index is 0.0411. The normalized spacial score (nSPS) is 15.7. The number of para-hydroxylation sites is 1. The molecular weight excluding hydrogens is 333 g/mol. The first-order chi connectivity index (χ1) is 12.6. The lowest BCUT2D eigenvalue weighted by atomic mass is 10.2. The molecule has 0 saturated carbocycles. The lowest BCUT2D eigenvalue weighted by Crippen LogP contribution is -2.26. The molecule has 0 atom stereocenters. The molecule has 1 saturated heterocycles. The SMILES string of the molecule is NC(=O)Cc1nc(CCCN2CCCCCC2)n(-c2ccccc2F)n1. The van der Waals surface area contributed by atoms with Gasteiger partial charge in [0.25, 0.3) is 0 Å². The first-order valence-corrected chi connectivity index (χ1v) is 9.34. The van der Waals surface area contributed by atoms with Crippen molar-refractivity contribution in [3.63, 3.8) is 0 Å². The van der Waals surface area contributed by atoms with Crippen LogP contribution in [-0.2, 0) is 17.6 Å². The maximum Gasteiger partial charge on any atom is 0.225 e. The van der Waals surface area contributed by atoms with Crippen LogP contribution in [0.5, 0.6) is 0 Å². The Morgan fingerprint density at radius 1 is 1.15 bits per heavy atom. The second-order valence-electron chi connectivity index (χ2n) is 6.81. The molecule has 3 rings (SSSR count). The van der Waals surface area contributed by atoms with Crippen LogP contribution < -0.4 is 5.73 Å².